The first-order valence-electron chi connectivity index (χ1n) is 15.1. The van der Waals surface area contributed by atoms with Gasteiger partial charge in [-0.1, -0.05) is 60.1 Å². The van der Waals surface area contributed by atoms with Crippen molar-refractivity contribution in [3.8, 4) is 16.9 Å². The summed E-state index contributed by atoms with van der Waals surface area (Å²) in [5.41, 5.74) is 4.12. The highest BCUT2D eigenvalue weighted by atomic mass is 35.5. The normalized spacial score (nSPS) is 13.6. The molecular weight excluding hydrogens is 584 g/mol. The molecule has 2 amide bonds. The van der Waals surface area contributed by atoms with Gasteiger partial charge in [0.2, 0.25) is 5.91 Å². The summed E-state index contributed by atoms with van der Waals surface area (Å²) in [6.07, 6.45) is -1.50. The molecule has 0 heterocycles. The van der Waals surface area contributed by atoms with Gasteiger partial charge in [-0.15, -0.1) is 0 Å². The number of benzene rings is 4. The van der Waals surface area contributed by atoms with Gasteiger partial charge >= 0.3 is 12.1 Å². The molecule has 0 radical (unpaired) electrons. The Morgan fingerprint density at radius 3 is 2.20 bits per heavy atom. The number of alkyl carbamates (subject to hydrolysis) is 1. The van der Waals surface area contributed by atoms with Crippen LogP contribution in [0.15, 0.2) is 91.0 Å². The highest BCUT2D eigenvalue weighted by Gasteiger charge is 2.31. The molecule has 4 aromatic carbocycles. The van der Waals surface area contributed by atoms with Gasteiger partial charge < -0.3 is 24.8 Å². The number of anilines is 1. The highest BCUT2D eigenvalue weighted by molar-refractivity contribution is 6.30. The third-order valence-corrected chi connectivity index (χ3v) is 7.52. The minimum Gasteiger partial charge on any atom is -0.497 e. The number of nitrogens with one attached hydrogen (secondary N) is 2. The fraction of sp³-hybridized carbons (Fsp3) is 0.176. The van der Waals surface area contributed by atoms with Crippen molar-refractivity contribution in [3.05, 3.63) is 118 Å². The number of fused-ring (bicyclic) bond motifs is 3. The van der Waals surface area contributed by atoms with Gasteiger partial charge in [0.1, 0.15) is 18.4 Å². The van der Waals surface area contributed by atoms with E-state index in [1.165, 1.54) is 42.5 Å². The highest BCUT2D eigenvalue weighted by Crippen LogP contribution is 2.44. The predicted octanol–water partition coefficient (Wildman–Crippen LogP) is 5.99. The third kappa shape index (κ3) is 6.58. The van der Waals surface area contributed by atoms with Gasteiger partial charge in [0, 0.05) is 22.1 Å². The molecule has 0 aromatic heterocycles. The minimum atomic E-state index is -2.80. The fourth-order valence-corrected chi connectivity index (χ4v) is 5.23. The van der Waals surface area contributed by atoms with Crippen molar-refractivity contribution in [2.24, 2.45) is 0 Å². The fourth-order valence-electron chi connectivity index (χ4n) is 5.10. The van der Waals surface area contributed by atoms with Crippen LogP contribution in [-0.2, 0) is 19.1 Å². The van der Waals surface area contributed by atoms with E-state index in [-0.39, 0.29) is 35.1 Å². The van der Waals surface area contributed by atoms with E-state index in [4.69, 9.17) is 29.9 Å². The lowest BCUT2D eigenvalue weighted by molar-refractivity contribution is -0.142. The molecule has 44 heavy (non-hydrogen) atoms. The number of ketones is 1. The zero-order valence-corrected chi connectivity index (χ0v) is 24.2. The van der Waals surface area contributed by atoms with Crippen molar-refractivity contribution in [1.82, 2.24) is 5.32 Å². The molecule has 0 unspecified atom stereocenters. The number of hydrogen-bond donors (Lipinski definition) is 2. The average molecular weight is 616 g/mol. The van der Waals surface area contributed by atoms with E-state index in [9.17, 15) is 19.2 Å². The molecular formula is C34H29ClN2O7. The molecule has 0 saturated heterocycles. The quantitative estimate of drug-likeness (QED) is 0.166. The summed E-state index contributed by atoms with van der Waals surface area (Å²) < 4.78 is 37.5. The summed E-state index contributed by atoms with van der Waals surface area (Å²) in [6, 6.07) is 23.8. The molecule has 2 N–H and O–H groups in total. The average Bonchev–Trinajstić information content (AvgIpc) is 3.37. The molecule has 1 atom stereocenters. The van der Waals surface area contributed by atoms with Gasteiger partial charge in [0.05, 0.1) is 30.4 Å². The van der Waals surface area contributed by atoms with Crippen molar-refractivity contribution in [2.45, 2.75) is 18.4 Å². The zero-order chi connectivity index (χ0) is 33.7. The largest absolute Gasteiger partial charge is 0.497 e. The van der Waals surface area contributed by atoms with E-state index >= 15 is 0 Å². The summed E-state index contributed by atoms with van der Waals surface area (Å²) in [5, 5.41) is 5.38. The Morgan fingerprint density at radius 2 is 1.57 bits per heavy atom. The summed E-state index contributed by atoms with van der Waals surface area (Å²) in [4.78, 5) is 52.3. The molecule has 0 fully saturated rings. The van der Waals surface area contributed by atoms with Gasteiger partial charge in [0.25, 0.3) is 0 Å². The molecule has 9 nitrogen and oxygen atoms in total. The predicted molar refractivity (Wildman–Crippen MR) is 165 cm³/mol. The number of rotatable bonds is 10. The van der Waals surface area contributed by atoms with Crippen LogP contribution in [-0.4, -0.2) is 50.5 Å². The monoisotopic (exact) mass is 615 g/mol. The number of carbonyl (C=O) groups is 4. The SMILES string of the molecule is [2H]C([2H])([2H])Oc1ccc(NC(=O)[C@H](CC(=O)OC)NC(=O)OCC2c3ccccc3-c3ccccc32)c(C(=O)c2ccc(Cl)cc2)c1. The first-order valence-corrected chi connectivity index (χ1v) is 13.9. The van der Waals surface area contributed by atoms with Gasteiger partial charge in [-0.2, -0.15) is 0 Å². The maximum absolute atomic E-state index is 13.5. The van der Waals surface area contributed by atoms with Crippen LogP contribution in [0.2, 0.25) is 5.02 Å². The van der Waals surface area contributed by atoms with Crippen LogP contribution in [0.5, 0.6) is 5.75 Å². The molecule has 0 aliphatic heterocycles. The molecule has 0 spiro atoms. The first-order chi connectivity index (χ1) is 22.4. The molecule has 224 valence electrons. The molecule has 4 aromatic rings. The van der Waals surface area contributed by atoms with Gasteiger partial charge in [-0.05, 0) is 64.7 Å². The smallest absolute Gasteiger partial charge is 0.407 e. The summed E-state index contributed by atoms with van der Waals surface area (Å²) >= 11 is 5.96. The van der Waals surface area contributed by atoms with E-state index in [1.54, 1.807) is 0 Å². The van der Waals surface area contributed by atoms with Crippen molar-refractivity contribution in [3.63, 3.8) is 0 Å². The van der Waals surface area contributed by atoms with E-state index in [1.807, 2.05) is 48.5 Å². The van der Waals surface area contributed by atoms with Crippen LogP contribution < -0.4 is 15.4 Å². The summed E-state index contributed by atoms with van der Waals surface area (Å²) in [5.74, 6) is -2.62. The number of amides is 2. The minimum absolute atomic E-state index is 0.0305. The molecule has 1 aliphatic rings. The third-order valence-electron chi connectivity index (χ3n) is 7.27. The van der Waals surface area contributed by atoms with Crippen molar-refractivity contribution >= 4 is 41.0 Å². The lowest BCUT2D eigenvalue weighted by Crippen LogP contribution is -2.45. The van der Waals surface area contributed by atoms with Gasteiger partial charge in [-0.3, -0.25) is 14.4 Å². The molecule has 10 heteroatoms. The number of halogens is 1. The number of ether oxygens (including phenoxy) is 3. The topological polar surface area (TPSA) is 120 Å². The summed E-state index contributed by atoms with van der Waals surface area (Å²) in [6.45, 7) is -0.0306. The Morgan fingerprint density at radius 1 is 0.909 bits per heavy atom. The van der Waals surface area contributed by atoms with Crippen LogP contribution >= 0.6 is 11.6 Å². The van der Waals surface area contributed by atoms with E-state index < -0.39 is 43.3 Å². The summed E-state index contributed by atoms with van der Waals surface area (Å²) in [7, 11) is -1.67. The maximum Gasteiger partial charge on any atom is 0.407 e. The van der Waals surface area contributed by atoms with Crippen molar-refractivity contribution < 1.29 is 37.5 Å². The Kier molecular flexibility index (Phi) is 8.08. The van der Waals surface area contributed by atoms with E-state index in [0.717, 1.165) is 29.4 Å². The first kappa shape index (κ1) is 26.5. The molecule has 0 bridgehead atoms. The molecule has 0 saturated carbocycles. The second-order valence-corrected chi connectivity index (χ2v) is 10.4. The van der Waals surface area contributed by atoms with Crippen molar-refractivity contribution in [1.29, 1.82) is 0 Å². The number of carbonyl (C=O) groups excluding carboxylic acids is 4. The number of esters is 1. The maximum atomic E-state index is 13.5. The number of methoxy groups -OCH3 is 2. The Bertz CT molecular complexity index is 1780. The van der Waals surface area contributed by atoms with E-state index in [2.05, 4.69) is 10.6 Å². The Hall–Kier alpha value is -5.15. The van der Waals surface area contributed by atoms with Gasteiger partial charge in [0.15, 0.2) is 5.78 Å². The lowest BCUT2D eigenvalue weighted by atomic mass is 9.98. The zero-order valence-electron chi connectivity index (χ0n) is 26.5. The van der Waals surface area contributed by atoms with Crippen LogP contribution in [0.25, 0.3) is 11.1 Å². The second kappa shape index (κ2) is 13.4. The Labute approximate surface area is 263 Å². The molecule has 1 aliphatic carbocycles. The van der Waals surface area contributed by atoms with Crippen molar-refractivity contribution in [2.75, 3.05) is 26.1 Å². The molecule has 5 rings (SSSR count). The van der Waals surface area contributed by atoms with Gasteiger partial charge in [-0.25, -0.2) is 4.79 Å². The number of hydrogen-bond acceptors (Lipinski definition) is 7. The standard InChI is InChI=1S/C34H29ClN2O7/c1-42-22-15-16-29(27(17-22)32(39)20-11-13-21(35)14-12-20)36-33(40)30(18-31(38)43-2)37-34(41)44-19-28-25-9-5-3-7-23(25)24-8-4-6-10-26(24)28/h3-17,28,30H,18-19H2,1-2H3,(H,36,40)(H,37,41)/t30-/m0/s1/i1D3. The van der Waals surface area contributed by atoms with E-state index in [0.29, 0.717) is 5.02 Å². The Balaban J connectivity index is 1.35. The van der Waals surface area contributed by atoms with Crippen LogP contribution in [0.1, 0.15) is 43.5 Å². The second-order valence-electron chi connectivity index (χ2n) is 9.94. The van der Waals surface area contributed by atoms with Crippen LogP contribution in [0.3, 0.4) is 0 Å². The lowest BCUT2D eigenvalue weighted by Gasteiger charge is -2.20. The van der Waals surface area contributed by atoms with Crippen LogP contribution in [0, 0.1) is 0 Å². The van der Waals surface area contributed by atoms with Crippen LogP contribution in [0.4, 0.5) is 10.5 Å².